The number of rotatable bonds is 4. The molecule has 4 nitrogen and oxygen atoms in total. The first-order valence-corrected chi connectivity index (χ1v) is 6.26. The lowest BCUT2D eigenvalue weighted by Gasteiger charge is -2.19. The van der Waals surface area contributed by atoms with Gasteiger partial charge in [-0.2, -0.15) is 0 Å². The molecule has 0 amide bonds. The zero-order chi connectivity index (χ0) is 12.4. The molecule has 1 unspecified atom stereocenters. The fraction of sp³-hybridized carbons (Fsp3) is 0.692. The van der Waals surface area contributed by atoms with E-state index in [-0.39, 0.29) is 5.78 Å². The number of aromatic nitrogens is 1. The minimum atomic E-state index is -0.0565. The van der Waals surface area contributed by atoms with E-state index >= 15 is 0 Å². The lowest BCUT2D eigenvalue weighted by molar-refractivity contribution is 0.0985. The van der Waals surface area contributed by atoms with Crippen molar-refractivity contribution in [1.82, 2.24) is 9.88 Å². The molecule has 0 bridgehead atoms. The molecule has 2 rings (SSSR count). The Labute approximate surface area is 102 Å². The normalized spacial score (nSPS) is 21.3. The van der Waals surface area contributed by atoms with Crippen LogP contribution >= 0.6 is 0 Å². The highest BCUT2D eigenvalue weighted by Gasteiger charge is 2.25. The van der Waals surface area contributed by atoms with Crippen LogP contribution in [0.3, 0.4) is 0 Å². The predicted octanol–water partition coefficient (Wildman–Crippen LogP) is 2.15. The number of hydrogen-bond acceptors (Lipinski definition) is 4. The van der Waals surface area contributed by atoms with Gasteiger partial charge >= 0.3 is 0 Å². The second kappa shape index (κ2) is 5.00. The van der Waals surface area contributed by atoms with Gasteiger partial charge in [0.05, 0.1) is 6.20 Å². The van der Waals surface area contributed by atoms with Crippen LogP contribution in [-0.2, 0) is 6.42 Å². The summed E-state index contributed by atoms with van der Waals surface area (Å²) in [5.74, 6) is 1.62. The lowest BCUT2D eigenvalue weighted by Crippen LogP contribution is -2.28. The second-order valence-corrected chi connectivity index (χ2v) is 5.12. The van der Waals surface area contributed by atoms with E-state index in [2.05, 4.69) is 23.7 Å². The molecule has 1 atom stereocenters. The third-order valence-corrected chi connectivity index (χ3v) is 3.41. The number of oxazole rings is 1. The highest BCUT2D eigenvalue weighted by molar-refractivity contribution is 5.90. The van der Waals surface area contributed by atoms with Gasteiger partial charge in [0.1, 0.15) is 0 Å². The number of nitrogens with zero attached hydrogens (tertiary/aromatic N) is 2. The zero-order valence-electron chi connectivity index (χ0n) is 10.8. The van der Waals surface area contributed by atoms with Crippen molar-refractivity contribution in [1.29, 1.82) is 0 Å². The molecule has 94 valence electrons. The average molecular weight is 236 g/mol. The molecule has 0 radical (unpaired) electrons. The molecule has 0 aliphatic carbocycles. The molecule has 1 aliphatic rings. The SMILES string of the molecule is CC(=O)c1cnc(CC2CCN(C(C)C)C2)o1. The summed E-state index contributed by atoms with van der Waals surface area (Å²) in [4.78, 5) is 17.7. The van der Waals surface area contributed by atoms with E-state index < -0.39 is 0 Å². The van der Waals surface area contributed by atoms with Crippen LogP contribution in [-0.4, -0.2) is 34.8 Å². The van der Waals surface area contributed by atoms with E-state index in [9.17, 15) is 4.79 Å². The number of ketones is 1. The van der Waals surface area contributed by atoms with Crippen LogP contribution in [0, 0.1) is 5.92 Å². The topological polar surface area (TPSA) is 46.3 Å². The van der Waals surface area contributed by atoms with Crippen LogP contribution in [0.1, 0.15) is 43.6 Å². The van der Waals surface area contributed by atoms with Gasteiger partial charge in [-0.25, -0.2) is 4.98 Å². The molecule has 4 heteroatoms. The van der Waals surface area contributed by atoms with E-state index in [1.54, 1.807) is 0 Å². The monoisotopic (exact) mass is 236 g/mol. The Kier molecular flexibility index (Phi) is 3.62. The Morgan fingerprint density at radius 1 is 1.65 bits per heavy atom. The van der Waals surface area contributed by atoms with Gasteiger partial charge < -0.3 is 9.32 Å². The molecule has 1 aromatic heterocycles. The van der Waals surface area contributed by atoms with Gasteiger partial charge in [0, 0.05) is 25.9 Å². The van der Waals surface area contributed by atoms with Crippen molar-refractivity contribution in [3.8, 4) is 0 Å². The van der Waals surface area contributed by atoms with Crippen LogP contribution in [0.2, 0.25) is 0 Å². The van der Waals surface area contributed by atoms with Crippen molar-refractivity contribution in [3.05, 3.63) is 17.8 Å². The van der Waals surface area contributed by atoms with Crippen molar-refractivity contribution < 1.29 is 9.21 Å². The quantitative estimate of drug-likeness (QED) is 0.751. The van der Waals surface area contributed by atoms with E-state index in [1.165, 1.54) is 19.5 Å². The Morgan fingerprint density at radius 2 is 2.41 bits per heavy atom. The van der Waals surface area contributed by atoms with E-state index in [1.807, 2.05) is 0 Å². The van der Waals surface area contributed by atoms with Gasteiger partial charge in [-0.3, -0.25) is 4.79 Å². The van der Waals surface area contributed by atoms with Crippen LogP contribution < -0.4 is 0 Å². The number of Topliss-reactive ketones (excluding diaryl/α,β-unsaturated/α-hetero) is 1. The smallest absolute Gasteiger partial charge is 0.196 e. The zero-order valence-corrected chi connectivity index (χ0v) is 10.8. The molecule has 2 heterocycles. The number of carbonyl (C=O) groups is 1. The van der Waals surface area contributed by atoms with E-state index in [0.717, 1.165) is 19.5 Å². The highest BCUT2D eigenvalue weighted by atomic mass is 16.4. The molecule has 1 saturated heterocycles. The molecule has 0 aromatic carbocycles. The molecule has 1 aliphatic heterocycles. The fourth-order valence-electron chi connectivity index (χ4n) is 2.31. The number of carbonyl (C=O) groups excluding carboxylic acids is 1. The summed E-state index contributed by atoms with van der Waals surface area (Å²) in [5, 5.41) is 0. The molecular formula is C13H20N2O2. The summed E-state index contributed by atoms with van der Waals surface area (Å²) in [7, 11) is 0. The third-order valence-electron chi connectivity index (χ3n) is 3.41. The molecule has 0 N–H and O–H groups in total. The maximum absolute atomic E-state index is 11.1. The Hall–Kier alpha value is -1.16. The molecule has 17 heavy (non-hydrogen) atoms. The molecule has 0 spiro atoms. The standard InChI is InChI=1S/C13H20N2O2/c1-9(2)15-5-4-11(8-15)6-13-14-7-12(17-13)10(3)16/h7,9,11H,4-6,8H2,1-3H3. The van der Waals surface area contributed by atoms with Gasteiger partial charge in [-0.05, 0) is 32.7 Å². The van der Waals surface area contributed by atoms with E-state index in [0.29, 0.717) is 23.6 Å². The van der Waals surface area contributed by atoms with Crippen LogP contribution in [0.5, 0.6) is 0 Å². The Morgan fingerprint density at radius 3 is 2.94 bits per heavy atom. The number of likely N-dealkylation sites (tertiary alicyclic amines) is 1. The summed E-state index contributed by atoms with van der Waals surface area (Å²) in [6, 6.07) is 0.609. The van der Waals surface area contributed by atoms with Crippen LogP contribution in [0.4, 0.5) is 0 Å². The first-order valence-electron chi connectivity index (χ1n) is 6.26. The maximum atomic E-state index is 11.1. The summed E-state index contributed by atoms with van der Waals surface area (Å²) in [6.07, 6.45) is 3.57. The van der Waals surface area contributed by atoms with Crippen molar-refractivity contribution >= 4 is 5.78 Å². The third kappa shape index (κ3) is 2.94. The molecular weight excluding hydrogens is 216 g/mol. The highest BCUT2D eigenvalue weighted by Crippen LogP contribution is 2.22. The van der Waals surface area contributed by atoms with Crippen molar-refractivity contribution in [3.63, 3.8) is 0 Å². The predicted molar refractivity (Wildman–Crippen MR) is 65.0 cm³/mol. The van der Waals surface area contributed by atoms with Crippen molar-refractivity contribution in [2.24, 2.45) is 5.92 Å². The minimum Gasteiger partial charge on any atom is -0.438 e. The summed E-state index contributed by atoms with van der Waals surface area (Å²) >= 11 is 0. The summed E-state index contributed by atoms with van der Waals surface area (Å²) in [5.41, 5.74) is 0. The first-order chi connectivity index (χ1) is 8.06. The first kappa shape index (κ1) is 12.3. The van der Waals surface area contributed by atoms with Crippen LogP contribution in [0.25, 0.3) is 0 Å². The van der Waals surface area contributed by atoms with Gasteiger partial charge in [0.2, 0.25) is 0 Å². The van der Waals surface area contributed by atoms with Crippen molar-refractivity contribution in [2.75, 3.05) is 13.1 Å². The van der Waals surface area contributed by atoms with Crippen LogP contribution in [0.15, 0.2) is 10.6 Å². The van der Waals surface area contributed by atoms with E-state index in [4.69, 9.17) is 4.42 Å². The molecule has 1 fully saturated rings. The van der Waals surface area contributed by atoms with Gasteiger partial charge in [-0.1, -0.05) is 0 Å². The van der Waals surface area contributed by atoms with Crippen molar-refractivity contribution in [2.45, 2.75) is 39.7 Å². The number of hydrogen-bond donors (Lipinski definition) is 0. The maximum Gasteiger partial charge on any atom is 0.196 e. The van der Waals surface area contributed by atoms with Gasteiger partial charge in [-0.15, -0.1) is 0 Å². The summed E-state index contributed by atoms with van der Waals surface area (Å²) < 4.78 is 5.42. The Balaban J connectivity index is 1.91. The molecule has 1 aromatic rings. The lowest BCUT2D eigenvalue weighted by atomic mass is 10.1. The fourth-order valence-corrected chi connectivity index (χ4v) is 2.31. The largest absolute Gasteiger partial charge is 0.438 e. The molecule has 0 saturated carbocycles. The summed E-state index contributed by atoms with van der Waals surface area (Å²) in [6.45, 7) is 8.21. The Bertz CT molecular complexity index is 398. The van der Waals surface area contributed by atoms with Gasteiger partial charge in [0.25, 0.3) is 0 Å². The minimum absolute atomic E-state index is 0.0565. The van der Waals surface area contributed by atoms with Gasteiger partial charge in [0.15, 0.2) is 17.4 Å². The second-order valence-electron chi connectivity index (χ2n) is 5.12. The average Bonchev–Trinajstić information content (AvgIpc) is 2.87.